The van der Waals surface area contributed by atoms with Gasteiger partial charge in [-0.25, -0.2) is 0 Å². The maximum atomic E-state index is 12.2. The smallest absolute Gasteiger partial charge is 0.265 e. The first kappa shape index (κ1) is 17.2. The van der Waals surface area contributed by atoms with Gasteiger partial charge in [0.1, 0.15) is 5.75 Å². The molecule has 120 valence electrons. The van der Waals surface area contributed by atoms with Crippen LogP contribution in [0, 0.1) is 6.92 Å². The van der Waals surface area contributed by atoms with E-state index in [0.717, 1.165) is 10.0 Å². The minimum absolute atomic E-state index is 0.0472. The van der Waals surface area contributed by atoms with Crippen LogP contribution >= 0.6 is 15.9 Å². The first-order valence-electron chi connectivity index (χ1n) is 7.21. The SMILES string of the molecule is CC(=O)c1cccc(NC(=O)[C@H](C)Oc2ccc(C)cc2Br)c1. The molecule has 2 aromatic carbocycles. The van der Waals surface area contributed by atoms with Crippen LogP contribution in [0.15, 0.2) is 46.9 Å². The highest BCUT2D eigenvalue weighted by Crippen LogP contribution is 2.26. The van der Waals surface area contributed by atoms with Gasteiger partial charge in [-0.05, 0) is 66.5 Å². The average molecular weight is 376 g/mol. The Morgan fingerprint density at radius 1 is 1.17 bits per heavy atom. The number of Topliss-reactive ketones (excluding diaryl/α,β-unsaturated/α-hetero) is 1. The van der Waals surface area contributed by atoms with Gasteiger partial charge in [0.25, 0.3) is 5.91 Å². The molecule has 1 N–H and O–H groups in total. The number of amides is 1. The van der Waals surface area contributed by atoms with Gasteiger partial charge < -0.3 is 10.1 Å². The summed E-state index contributed by atoms with van der Waals surface area (Å²) in [4.78, 5) is 23.6. The maximum absolute atomic E-state index is 12.2. The summed E-state index contributed by atoms with van der Waals surface area (Å²) < 4.78 is 6.49. The van der Waals surface area contributed by atoms with Crippen molar-refractivity contribution in [2.45, 2.75) is 26.9 Å². The van der Waals surface area contributed by atoms with Crippen molar-refractivity contribution < 1.29 is 14.3 Å². The van der Waals surface area contributed by atoms with Crippen LogP contribution in [-0.4, -0.2) is 17.8 Å². The number of ketones is 1. The predicted octanol–water partition coefficient (Wildman–Crippen LogP) is 4.37. The second-order valence-electron chi connectivity index (χ2n) is 5.32. The number of nitrogens with one attached hydrogen (secondary N) is 1. The third-order valence-corrected chi connectivity index (χ3v) is 3.92. The van der Waals surface area contributed by atoms with E-state index < -0.39 is 6.10 Å². The van der Waals surface area contributed by atoms with E-state index in [1.807, 2.05) is 25.1 Å². The maximum Gasteiger partial charge on any atom is 0.265 e. The minimum Gasteiger partial charge on any atom is -0.480 e. The highest BCUT2D eigenvalue weighted by Gasteiger charge is 2.16. The van der Waals surface area contributed by atoms with Gasteiger partial charge in [0, 0.05) is 11.3 Å². The predicted molar refractivity (Wildman–Crippen MR) is 94.0 cm³/mol. The van der Waals surface area contributed by atoms with Gasteiger partial charge in [0.15, 0.2) is 11.9 Å². The molecule has 0 aliphatic heterocycles. The van der Waals surface area contributed by atoms with Gasteiger partial charge in [-0.15, -0.1) is 0 Å². The van der Waals surface area contributed by atoms with Gasteiger partial charge in [0.05, 0.1) is 4.47 Å². The van der Waals surface area contributed by atoms with Gasteiger partial charge >= 0.3 is 0 Å². The van der Waals surface area contributed by atoms with Crippen molar-refractivity contribution in [3.8, 4) is 5.75 Å². The molecule has 0 heterocycles. The number of halogens is 1. The van der Waals surface area contributed by atoms with Gasteiger partial charge in [-0.2, -0.15) is 0 Å². The van der Waals surface area contributed by atoms with Crippen molar-refractivity contribution in [2.24, 2.45) is 0 Å². The largest absolute Gasteiger partial charge is 0.480 e. The molecule has 1 atom stereocenters. The molecule has 0 aromatic heterocycles. The molecule has 0 spiro atoms. The summed E-state index contributed by atoms with van der Waals surface area (Å²) in [5.74, 6) is 0.280. The van der Waals surface area contributed by atoms with Crippen LogP contribution in [-0.2, 0) is 4.79 Å². The van der Waals surface area contributed by atoms with E-state index in [1.165, 1.54) is 6.92 Å². The van der Waals surface area contributed by atoms with Crippen LogP contribution in [0.25, 0.3) is 0 Å². The van der Waals surface area contributed by atoms with E-state index in [9.17, 15) is 9.59 Å². The van der Waals surface area contributed by atoms with Gasteiger partial charge in [-0.1, -0.05) is 18.2 Å². The third-order valence-electron chi connectivity index (χ3n) is 3.30. The molecule has 0 fully saturated rings. The quantitative estimate of drug-likeness (QED) is 0.789. The summed E-state index contributed by atoms with van der Waals surface area (Å²) in [6.45, 7) is 5.14. The van der Waals surface area contributed by atoms with E-state index >= 15 is 0 Å². The Kier molecular flexibility index (Phi) is 5.55. The van der Waals surface area contributed by atoms with Crippen molar-refractivity contribution >= 4 is 33.3 Å². The minimum atomic E-state index is -0.671. The number of benzene rings is 2. The average Bonchev–Trinajstić information content (AvgIpc) is 2.50. The number of ether oxygens (including phenoxy) is 1. The zero-order chi connectivity index (χ0) is 17.0. The molecular weight excluding hydrogens is 358 g/mol. The van der Waals surface area contributed by atoms with E-state index in [2.05, 4.69) is 21.2 Å². The van der Waals surface area contributed by atoms with Crippen LogP contribution in [0.5, 0.6) is 5.75 Å². The van der Waals surface area contributed by atoms with E-state index in [1.54, 1.807) is 31.2 Å². The highest BCUT2D eigenvalue weighted by molar-refractivity contribution is 9.10. The van der Waals surface area contributed by atoms with Crippen LogP contribution in [0.2, 0.25) is 0 Å². The summed E-state index contributed by atoms with van der Waals surface area (Å²) in [6, 6.07) is 12.5. The summed E-state index contributed by atoms with van der Waals surface area (Å²) in [6.07, 6.45) is -0.671. The first-order valence-corrected chi connectivity index (χ1v) is 8.01. The Labute approximate surface area is 144 Å². The zero-order valence-corrected chi connectivity index (χ0v) is 14.8. The van der Waals surface area contributed by atoms with Gasteiger partial charge in [-0.3, -0.25) is 9.59 Å². The van der Waals surface area contributed by atoms with E-state index in [4.69, 9.17) is 4.74 Å². The fourth-order valence-corrected chi connectivity index (χ4v) is 2.59. The van der Waals surface area contributed by atoms with E-state index in [-0.39, 0.29) is 11.7 Å². The van der Waals surface area contributed by atoms with Crippen LogP contribution < -0.4 is 10.1 Å². The molecule has 23 heavy (non-hydrogen) atoms. The lowest BCUT2D eigenvalue weighted by molar-refractivity contribution is -0.122. The Balaban J connectivity index is 2.05. The molecule has 1 amide bonds. The summed E-state index contributed by atoms with van der Waals surface area (Å²) in [5.41, 5.74) is 2.22. The number of aryl methyl sites for hydroxylation is 1. The fraction of sp³-hybridized carbons (Fsp3) is 0.222. The lowest BCUT2D eigenvalue weighted by atomic mass is 10.1. The molecule has 2 aromatic rings. The first-order chi connectivity index (χ1) is 10.9. The standard InChI is InChI=1S/C18H18BrNO3/c1-11-7-8-17(16(19)9-11)23-13(3)18(22)20-15-6-4-5-14(10-15)12(2)21/h4-10,13H,1-3H3,(H,20,22)/t13-/m0/s1. The summed E-state index contributed by atoms with van der Waals surface area (Å²) in [7, 11) is 0. The molecule has 4 nitrogen and oxygen atoms in total. The Morgan fingerprint density at radius 3 is 2.57 bits per heavy atom. The number of hydrogen-bond acceptors (Lipinski definition) is 3. The number of hydrogen-bond donors (Lipinski definition) is 1. The number of carbonyl (C=O) groups excluding carboxylic acids is 2. The Bertz CT molecular complexity index is 743. The molecule has 0 radical (unpaired) electrons. The molecule has 0 bridgehead atoms. The van der Waals surface area contributed by atoms with E-state index in [0.29, 0.717) is 17.0 Å². The van der Waals surface area contributed by atoms with Crippen LogP contribution in [0.4, 0.5) is 5.69 Å². The van der Waals surface area contributed by atoms with Crippen molar-refractivity contribution in [1.29, 1.82) is 0 Å². The number of carbonyl (C=O) groups is 2. The normalized spacial score (nSPS) is 11.7. The summed E-state index contributed by atoms with van der Waals surface area (Å²) >= 11 is 3.42. The molecule has 5 heteroatoms. The molecule has 0 aliphatic carbocycles. The molecule has 0 saturated carbocycles. The Morgan fingerprint density at radius 2 is 1.91 bits per heavy atom. The van der Waals surface area contributed by atoms with Crippen molar-refractivity contribution in [3.63, 3.8) is 0 Å². The third kappa shape index (κ3) is 4.66. The molecule has 2 rings (SSSR count). The highest BCUT2D eigenvalue weighted by atomic mass is 79.9. The fourth-order valence-electron chi connectivity index (χ4n) is 2.01. The van der Waals surface area contributed by atoms with Gasteiger partial charge in [0.2, 0.25) is 0 Å². The molecular formula is C18H18BrNO3. The van der Waals surface area contributed by atoms with Crippen molar-refractivity contribution in [2.75, 3.05) is 5.32 Å². The van der Waals surface area contributed by atoms with Crippen molar-refractivity contribution in [1.82, 2.24) is 0 Å². The lowest BCUT2D eigenvalue weighted by Crippen LogP contribution is -2.30. The monoisotopic (exact) mass is 375 g/mol. The number of rotatable bonds is 5. The Hall–Kier alpha value is -2.14. The number of anilines is 1. The second-order valence-corrected chi connectivity index (χ2v) is 6.17. The molecule has 0 saturated heterocycles. The molecule has 0 unspecified atom stereocenters. The lowest BCUT2D eigenvalue weighted by Gasteiger charge is -2.16. The summed E-state index contributed by atoms with van der Waals surface area (Å²) in [5, 5.41) is 2.76. The topological polar surface area (TPSA) is 55.4 Å². The second kappa shape index (κ2) is 7.42. The van der Waals surface area contributed by atoms with Crippen LogP contribution in [0.1, 0.15) is 29.8 Å². The van der Waals surface area contributed by atoms with Crippen molar-refractivity contribution in [3.05, 3.63) is 58.1 Å². The van der Waals surface area contributed by atoms with Crippen LogP contribution in [0.3, 0.4) is 0 Å². The molecule has 0 aliphatic rings. The zero-order valence-electron chi connectivity index (χ0n) is 13.2.